The minimum Gasteiger partial charge on any atom is -0.496 e. The van der Waals surface area contributed by atoms with Gasteiger partial charge in [0.25, 0.3) is 0 Å². The van der Waals surface area contributed by atoms with Gasteiger partial charge in [-0.05, 0) is 11.6 Å². The largest absolute Gasteiger partial charge is 0.496 e. The Morgan fingerprint density at radius 3 is 3.00 bits per heavy atom. The third-order valence-electron chi connectivity index (χ3n) is 2.45. The van der Waals surface area contributed by atoms with Gasteiger partial charge in [0.15, 0.2) is 0 Å². The Labute approximate surface area is 78.0 Å². The van der Waals surface area contributed by atoms with E-state index < -0.39 is 0 Å². The molecule has 68 valence electrons. The molecule has 2 nitrogen and oxygen atoms in total. The number of methoxy groups -OCH3 is 1. The maximum Gasteiger partial charge on any atom is 0.123 e. The van der Waals surface area contributed by atoms with Crippen LogP contribution in [0.5, 0.6) is 5.75 Å². The van der Waals surface area contributed by atoms with E-state index in [4.69, 9.17) is 10.5 Å². The molecule has 1 atom stereocenters. The van der Waals surface area contributed by atoms with Gasteiger partial charge in [-0.1, -0.05) is 24.3 Å². The number of hydrogen-bond acceptors (Lipinski definition) is 2. The first kappa shape index (κ1) is 8.32. The zero-order chi connectivity index (χ0) is 9.26. The van der Waals surface area contributed by atoms with Gasteiger partial charge in [0.1, 0.15) is 5.75 Å². The molecular weight excluding hydrogens is 162 g/mol. The van der Waals surface area contributed by atoms with E-state index >= 15 is 0 Å². The molecular formula is C11H13NO. The second-order valence-corrected chi connectivity index (χ2v) is 3.16. The zero-order valence-electron chi connectivity index (χ0n) is 7.66. The van der Waals surface area contributed by atoms with Crippen molar-refractivity contribution in [3.63, 3.8) is 0 Å². The lowest BCUT2D eigenvalue weighted by atomic mass is 10.00. The maximum absolute atomic E-state index is 5.67. The van der Waals surface area contributed by atoms with Gasteiger partial charge < -0.3 is 10.5 Å². The Hall–Kier alpha value is -1.28. The Morgan fingerprint density at radius 2 is 2.31 bits per heavy atom. The molecule has 0 aromatic heterocycles. The van der Waals surface area contributed by atoms with Crippen LogP contribution in [0.25, 0.3) is 6.08 Å². The summed E-state index contributed by atoms with van der Waals surface area (Å²) in [6, 6.07) is 6.07. The molecule has 0 bridgehead atoms. The van der Waals surface area contributed by atoms with Crippen molar-refractivity contribution in [2.45, 2.75) is 5.92 Å². The van der Waals surface area contributed by atoms with E-state index in [9.17, 15) is 0 Å². The minimum atomic E-state index is 0.325. The molecule has 0 saturated heterocycles. The zero-order valence-corrected chi connectivity index (χ0v) is 7.66. The average Bonchev–Trinajstić information content (AvgIpc) is 2.60. The SMILES string of the molecule is COc1cccc2c1C(CN)C=C2. The third-order valence-corrected chi connectivity index (χ3v) is 2.45. The van der Waals surface area contributed by atoms with Gasteiger partial charge in [-0.2, -0.15) is 0 Å². The van der Waals surface area contributed by atoms with Crippen LogP contribution in [0.15, 0.2) is 24.3 Å². The number of ether oxygens (including phenoxy) is 1. The molecule has 0 aliphatic heterocycles. The van der Waals surface area contributed by atoms with Gasteiger partial charge in [0.05, 0.1) is 7.11 Å². The first-order valence-electron chi connectivity index (χ1n) is 4.42. The van der Waals surface area contributed by atoms with Crippen molar-refractivity contribution >= 4 is 6.08 Å². The first-order valence-corrected chi connectivity index (χ1v) is 4.42. The molecule has 1 unspecified atom stereocenters. The summed E-state index contributed by atoms with van der Waals surface area (Å²) in [7, 11) is 1.70. The van der Waals surface area contributed by atoms with Gasteiger partial charge in [-0.25, -0.2) is 0 Å². The standard InChI is InChI=1S/C11H13NO/c1-13-10-4-2-3-8-5-6-9(7-12)11(8)10/h2-6,9H,7,12H2,1H3. The monoisotopic (exact) mass is 175 g/mol. The van der Waals surface area contributed by atoms with Gasteiger partial charge in [-0.15, -0.1) is 0 Å². The Bertz CT molecular complexity index is 344. The van der Waals surface area contributed by atoms with Crippen molar-refractivity contribution in [1.29, 1.82) is 0 Å². The molecule has 1 aromatic carbocycles. The Kier molecular flexibility index (Phi) is 2.07. The lowest BCUT2D eigenvalue weighted by Gasteiger charge is -2.12. The molecule has 2 heteroatoms. The van der Waals surface area contributed by atoms with Crippen LogP contribution in [0.3, 0.4) is 0 Å². The van der Waals surface area contributed by atoms with E-state index in [1.54, 1.807) is 7.11 Å². The summed E-state index contributed by atoms with van der Waals surface area (Å²) in [5, 5.41) is 0. The van der Waals surface area contributed by atoms with Crippen LogP contribution in [0.2, 0.25) is 0 Å². The van der Waals surface area contributed by atoms with Crippen molar-refractivity contribution in [3.8, 4) is 5.75 Å². The number of hydrogen-bond donors (Lipinski definition) is 1. The van der Waals surface area contributed by atoms with Crippen LogP contribution in [-0.2, 0) is 0 Å². The topological polar surface area (TPSA) is 35.2 Å². The molecule has 0 radical (unpaired) electrons. The highest BCUT2D eigenvalue weighted by molar-refractivity contribution is 5.66. The summed E-state index contributed by atoms with van der Waals surface area (Å²) in [5.74, 6) is 1.27. The fourth-order valence-corrected chi connectivity index (χ4v) is 1.79. The Balaban J connectivity index is 2.50. The van der Waals surface area contributed by atoms with Crippen LogP contribution in [0, 0.1) is 0 Å². The highest BCUT2D eigenvalue weighted by Crippen LogP contribution is 2.36. The van der Waals surface area contributed by atoms with Crippen LogP contribution >= 0.6 is 0 Å². The third kappa shape index (κ3) is 1.23. The summed E-state index contributed by atoms with van der Waals surface area (Å²) in [5.41, 5.74) is 8.13. The normalized spacial score (nSPS) is 18.8. The molecule has 1 aliphatic carbocycles. The van der Waals surface area contributed by atoms with E-state index in [2.05, 4.69) is 18.2 Å². The molecule has 1 aromatic rings. The van der Waals surface area contributed by atoms with E-state index in [1.807, 2.05) is 12.1 Å². The molecule has 1 aliphatic rings. The molecule has 0 heterocycles. The van der Waals surface area contributed by atoms with Crippen molar-refractivity contribution in [2.75, 3.05) is 13.7 Å². The smallest absolute Gasteiger partial charge is 0.123 e. The molecule has 2 rings (SSSR count). The van der Waals surface area contributed by atoms with Gasteiger partial charge in [-0.3, -0.25) is 0 Å². The summed E-state index contributed by atoms with van der Waals surface area (Å²) < 4.78 is 5.29. The fraction of sp³-hybridized carbons (Fsp3) is 0.273. The number of nitrogens with two attached hydrogens (primary N) is 1. The van der Waals surface area contributed by atoms with Crippen LogP contribution in [0.1, 0.15) is 17.0 Å². The van der Waals surface area contributed by atoms with Crippen molar-refractivity contribution in [1.82, 2.24) is 0 Å². The molecule has 0 amide bonds. The van der Waals surface area contributed by atoms with Crippen LogP contribution in [0.4, 0.5) is 0 Å². The minimum absolute atomic E-state index is 0.325. The second-order valence-electron chi connectivity index (χ2n) is 3.16. The maximum atomic E-state index is 5.67. The van der Waals surface area contributed by atoms with Crippen molar-refractivity contribution < 1.29 is 4.74 Å². The first-order chi connectivity index (χ1) is 6.36. The predicted molar refractivity (Wildman–Crippen MR) is 53.8 cm³/mol. The van der Waals surface area contributed by atoms with E-state index in [0.29, 0.717) is 12.5 Å². The number of rotatable bonds is 2. The average molecular weight is 175 g/mol. The summed E-state index contributed by atoms with van der Waals surface area (Å²) in [4.78, 5) is 0. The molecule has 0 spiro atoms. The number of benzene rings is 1. The quantitative estimate of drug-likeness (QED) is 0.743. The lowest BCUT2D eigenvalue weighted by Crippen LogP contribution is -2.09. The highest BCUT2D eigenvalue weighted by Gasteiger charge is 2.19. The molecule has 0 saturated carbocycles. The summed E-state index contributed by atoms with van der Waals surface area (Å²) in [6.45, 7) is 0.643. The second kappa shape index (κ2) is 3.23. The predicted octanol–water partition coefficient (Wildman–Crippen LogP) is 1.76. The molecule has 13 heavy (non-hydrogen) atoms. The van der Waals surface area contributed by atoms with E-state index in [1.165, 1.54) is 11.1 Å². The van der Waals surface area contributed by atoms with E-state index in [0.717, 1.165) is 5.75 Å². The number of fused-ring (bicyclic) bond motifs is 1. The summed E-state index contributed by atoms with van der Waals surface area (Å²) in [6.07, 6.45) is 4.24. The van der Waals surface area contributed by atoms with Crippen LogP contribution in [-0.4, -0.2) is 13.7 Å². The van der Waals surface area contributed by atoms with Gasteiger partial charge in [0.2, 0.25) is 0 Å². The van der Waals surface area contributed by atoms with E-state index in [-0.39, 0.29) is 0 Å². The summed E-state index contributed by atoms with van der Waals surface area (Å²) >= 11 is 0. The van der Waals surface area contributed by atoms with Crippen LogP contribution < -0.4 is 10.5 Å². The van der Waals surface area contributed by atoms with Crippen molar-refractivity contribution in [3.05, 3.63) is 35.4 Å². The van der Waals surface area contributed by atoms with Crippen molar-refractivity contribution in [2.24, 2.45) is 5.73 Å². The van der Waals surface area contributed by atoms with Gasteiger partial charge in [0, 0.05) is 18.0 Å². The lowest BCUT2D eigenvalue weighted by molar-refractivity contribution is 0.408. The fourth-order valence-electron chi connectivity index (χ4n) is 1.79. The Morgan fingerprint density at radius 1 is 1.46 bits per heavy atom. The van der Waals surface area contributed by atoms with Gasteiger partial charge >= 0.3 is 0 Å². The molecule has 2 N–H and O–H groups in total. The highest BCUT2D eigenvalue weighted by atomic mass is 16.5. The molecule has 0 fully saturated rings.